The number of nitrogens with zero attached hydrogens (tertiary/aromatic N) is 3. The molecule has 0 spiro atoms. The number of thiazole rings is 1. The maximum atomic E-state index is 5.25. The van der Waals surface area contributed by atoms with Crippen LogP contribution in [0.4, 0.5) is 0 Å². The van der Waals surface area contributed by atoms with Gasteiger partial charge in [-0.05, 0) is 38.0 Å². The molecule has 1 unspecified atom stereocenters. The second-order valence-corrected chi connectivity index (χ2v) is 7.63. The van der Waals surface area contributed by atoms with E-state index in [1.54, 1.807) is 18.4 Å². The average molecular weight is 486 g/mol. The normalized spacial score (nSPS) is 17.2. The van der Waals surface area contributed by atoms with Crippen molar-refractivity contribution < 1.29 is 4.74 Å². The zero-order chi connectivity index (χ0) is 17.8. The van der Waals surface area contributed by atoms with E-state index in [0.717, 1.165) is 48.5 Å². The summed E-state index contributed by atoms with van der Waals surface area (Å²) < 4.78 is 5.25. The summed E-state index contributed by atoms with van der Waals surface area (Å²) in [6, 6.07) is 8.43. The van der Waals surface area contributed by atoms with Crippen molar-refractivity contribution in [1.82, 2.24) is 15.2 Å². The highest BCUT2D eigenvalue weighted by Crippen LogP contribution is 2.28. The number of hydrogen-bond acceptors (Lipinski definition) is 4. The van der Waals surface area contributed by atoms with Gasteiger partial charge in [-0.1, -0.05) is 12.1 Å². The van der Waals surface area contributed by atoms with Crippen molar-refractivity contribution in [1.29, 1.82) is 0 Å². The molecule has 1 atom stereocenters. The lowest BCUT2D eigenvalue weighted by Gasteiger charge is -2.21. The Labute approximate surface area is 176 Å². The fraction of sp³-hybridized carbons (Fsp3) is 0.474. The van der Waals surface area contributed by atoms with E-state index in [4.69, 9.17) is 4.74 Å². The lowest BCUT2D eigenvalue weighted by atomic mass is 9.98. The van der Waals surface area contributed by atoms with Crippen LogP contribution in [0.1, 0.15) is 33.5 Å². The summed E-state index contributed by atoms with van der Waals surface area (Å²) in [7, 11) is 3.56. The monoisotopic (exact) mass is 486 g/mol. The number of halogens is 1. The van der Waals surface area contributed by atoms with Gasteiger partial charge in [0.05, 0.1) is 24.4 Å². The van der Waals surface area contributed by atoms with Gasteiger partial charge >= 0.3 is 0 Å². The van der Waals surface area contributed by atoms with E-state index in [0.29, 0.717) is 5.92 Å². The van der Waals surface area contributed by atoms with Gasteiger partial charge in [0.1, 0.15) is 5.75 Å². The highest BCUT2D eigenvalue weighted by Gasteiger charge is 2.26. The van der Waals surface area contributed by atoms with Gasteiger partial charge in [0, 0.05) is 30.9 Å². The number of hydrogen-bond donors (Lipinski definition) is 1. The number of ether oxygens (including phenoxy) is 1. The number of methoxy groups -OCH3 is 1. The molecule has 0 aliphatic carbocycles. The SMILES string of the molecule is CN=C(NCc1sc(C)nc1C)N1CCC(c2ccc(OC)cc2)C1.I. The Balaban J connectivity index is 0.00000243. The fourth-order valence-electron chi connectivity index (χ4n) is 3.33. The molecule has 5 nitrogen and oxygen atoms in total. The number of benzene rings is 1. The van der Waals surface area contributed by atoms with Crippen molar-refractivity contribution in [3.8, 4) is 5.75 Å². The number of aliphatic imine (C=N–C) groups is 1. The largest absolute Gasteiger partial charge is 0.497 e. The van der Waals surface area contributed by atoms with Gasteiger partial charge in [0.25, 0.3) is 0 Å². The molecule has 1 N–H and O–H groups in total. The molecule has 2 aromatic rings. The molecule has 3 rings (SSSR count). The van der Waals surface area contributed by atoms with Crippen molar-refractivity contribution in [3.05, 3.63) is 45.4 Å². The quantitative estimate of drug-likeness (QED) is 0.404. The maximum Gasteiger partial charge on any atom is 0.193 e. The second kappa shape index (κ2) is 9.55. The van der Waals surface area contributed by atoms with Crippen LogP contribution < -0.4 is 10.1 Å². The van der Waals surface area contributed by atoms with Gasteiger partial charge in [-0.2, -0.15) is 0 Å². The van der Waals surface area contributed by atoms with Gasteiger partial charge in [-0.15, -0.1) is 35.3 Å². The summed E-state index contributed by atoms with van der Waals surface area (Å²) in [6.07, 6.45) is 1.14. The van der Waals surface area contributed by atoms with E-state index >= 15 is 0 Å². The Hall–Kier alpha value is -1.35. The first-order chi connectivity index (χ1) is 12.1. The Morgan fingerprint density at radius 2 is 2.08 bits per heavy atom. The Morgan fingerprint density at radius 1 is 1.35 bits per heavy atom. The highest BCUT2D eigenvalue weighted by molar-refractivity contribution is 14.0. The van der Waals surface area contributed by atoms with E-state index in [2.05, 4.69) is 46.2 Å². The molecule has 1 saturated heterocycles. The molecule has 0 bridgehead atoms. The molecule has 1 aromatic carbocycles. The molecule has 1 aliphatic heterocycles. The summed E-state index contributed by atoms with van der Waals surface area (Å²) in [6.45, 7) is 6.92. The summed E-state index contributed by atoms with van der Waals surface area (Å²) in [5.41, 5.74) is 2.48. The van der Waals surface area contributed by atoms with Gasteiger partial charge in [-0.3, -0.25) is 4.99 Å². The average Bonchev–Trinajstić information content (AvgIpc) is 3.22. The van der Waals surface area contributed by atoms with E-state index in [1.807, 2.05) is 19.2 Å². The summed E-state index contributed by atoms with van der Waals surface area (Å²) in [4.78, 5) is 12.6. The van der Waals surface area contributed by atoms with Crippen molar-refractivity contribution in [2.75, 3.05) is 27.2 Å². The third-order valence-corrected chi connectivity index (χ3v) is 5.77. The first kappa shape index (κ1) is 21.0. The fourth-order valence-corrected chi connectivity index (χ4v) is 4.21. The second-order valence-electron chi connectivity index (χ2n) is 6.35. The summed E-state index contributed by atoms with van der Waals surface area (Å²) in [5.74, 6) is 2.42. The van der Waals surface area contributed by atoms with Gasteiger partial charge < -0.3 is 15.0 Å². The van der Waals surface area contributed by atoms with Gasteiger partial charge in [0.2, 0.25) is 0 Å². The molecular weight excluding hydrogens is 459 g/mol. The third-order valence-electron chi connectivity index (χ3n) is 4.69. The summed E-state index contributed by atoms with van der Waals surface area (Å²) >= 11 is 1.75. The van der Waals surface area contributed by atoms with Crippen LogP contribution in [0, 0.1) is 13.8 Å². The minimum atomic E-state index is 0. The Morgan fingerprint density at radius 3 is 2.65 bits per heavy atom. The highest BCUT2D eigenvalue weighted by atomic mass is 127. The van der Waals surface area contributed by atoms with E-state index in [9.17, 15) is 0 Å². The van der Waals surface area contributed by atoms with E-state index in [1.165, 1.54) is 10.4 Å². The minimum Gasteiger partial charge on any atom is -0.497 e. The standard InChI is InChI=1S/C19H26N4OS.HI/c1-13-18(25-14(2)22-13)11-21-19(20-3)23-10-9-16(12-23)15-5-7-17(24-4)8-6-15;/h5-8,16H,9-12H2,1-4H3,(H,20,21);1H. The molecule has 0 saturated carbocycles. The van der Waals surface area contributed by atoms with Crippen LogP contribution in [0.2, 0.25) is 0 Å². The lowest BCUT2D eigenvalue weighted by Crippen LogP contribution is -2.39. The third kappa shape index (κ3) is 4.88. The number of guanidine groups is 1. The van der Waals surface area contributed by atoms with Crippen LogP contribution >= 0.6 is 35.3 Å². The summed E-state index contributed by atoms with van der Waals surface area (Å²) in [5, 5.41) is 4.61. The molecule has 26 heavy (non-hydrogen) atoms. The Kier molecular flexibility index (Phi) is 7.69. The number of rotatable bonds is 4. The first-order valence-corrected chi connectivity index (χ1v) is 9.44. The van der Waals surface area contributed by atoms with Crippen molar-refractivity contribution in [2.24, 2.45) is 4.99 Å². The first-order valence-electron chi connectivity index (χ1n) is 8.63. The van der Waals surface area contributed by atoms with Crippen molar-refractivity contribution >= 4 is 41.3 Å². The zero-order valence-corrected chi connectivity index (χ0v) is 18.9. The Bertz CT molecular complexity index is 744. The smallest absolute Gasteiger partial charge is 0.193 e. The molecule has 0 amide bonds. The van der Waals surface area contributed by atoms with Crippen LogP contribution in [0.25, 0.3) is 0 Å². The van der Waals surface area contributed by atoms with Gasteiger partial charge in [-0.25, -0.2) is 4.98 Å². The lowest BCUT2D eigenvalue weighted by molar-refractivity contribution is 0.414. The molecule has 1 aliphatic rings. The van der Waals surface area contributed by atoms with Crippen molar-refractivity contribution in [2.45, 2.75) is 32.7 Å². The van der Waals surface area contributed by atoms with Crippen LogP contribution in [0.5, 0.6) is 5.75 Å². The number of nitrogens with one attached hydrogen (secondary N) is 1. The molecule has 2 heterocycles. The van der Waals surface area contributed by atoms with Crippen LogP contribution in [-0.2, 0) is 6.54 Å². The van der Waals surface area contributed by atoms with Crippen LogP contribution in [0.15, 0.2) is 29.3 Å². The minimum absolute atomic E-state index is 0. The van der Waals surface area contributed by atoms with Crippen molar-refractivity contribution in [3.63, 3.8) is 0 Å². The topological polar surface area (TPSA) is 49.8 Å². The van der Waals surface area contributed by atoms with E-state index in [-0.39, 0.29) is 24.0 Å². The molecule has 1 fully saturated rings. The molecule has 1 aromatic heterocycles. The van der Waals surface area contributed by atoms with Crippen LogP contribution in [-0.4, -0.2) is 43.1 Å². The van der Waals surface area contributed by atoms with Gasteiger partial charge in [0.15, 0.2) is 5.96 Å². The number of aryl methyl sites for hydroxylation is 2. The predicted molar refractivity (Wildman–Crippen MR) is 119 cm³/mol. The molecule has 142 valence electrons. The van der Waals surface area contributed by atoms with E-state index < -0.39 is 0 Å². The van der Waals surface area contributed by atoms with Crippen LogP contribution in [0.3, 0.4) is 0 Å². The molecule has 7 heteroatoms. The number of likely N-dealkylation sites (tertiary alicyclic amines) is 1. The maximum absolute atomic E-state index is 5.25. The molecular formula is C19H27IN4OS. The molecule has 0 radical (unpaired) electrons. The zero-order valence-electron chi connectivity index (χ0n) is 15.8. The predicted octanol–water partition coefficient (Wildman–Crippen LogP) is 3.95. The number of aromatic nitrogens is 1.